The van der Waals surface area contributed by atoms with Gasteiger partial charge in [-0.2, -0.15) is 0 Å². The molecule has 1 aliphatic rings. The van der Waals surface area contributed by atoms with Gasteiger partial charge in [-0.3, -0.25) is 4.79 Å². The highest BCUT2D eigenvalue weighted by atomic mass is 32.2. The van der Waals surface area contributed by atoms with Gasteiger partial charge in [0.1, 0.15) is 0 Å². The highest BCUT2D eigenvalue weighted by Crippen LogP contribution is 2.16. The van der Waals surface area contributed by atoms with Crippen molar-refractivity contribution in [1.82, 2.24) is 19.6 Å². The fourth-order valence-corrected chi connectivity index (χ4v) is 3.60. The molecule has 124 valence electrons. The van der Waals surface area contributed by atoms with E-state index in [1.165, 1.54) is 31.8 Å². The first-order chi connectivity index (χ1) is 10.5. The van der Waals surface area contributed by atoms with Crippen molar-refractivity contribution in [3.63, 3.8) is 0 Å². The summed E-state index contributed by atoms with van der Waals surface area (Å²) in [4.78, 5) is 15.7. The third-order valence-corrected chi connectivity index (χ3v) is 5.14. The van der Waals surface area contributed by atoms with E-state index in [0.717, 1.165) is 25.7 Å². The first kappa shape index (κ1) is 17.0. The Morgan fingerprint density at radius 1 is 1.27 bits per heavy atom. The highest BCUT2D eigenvalue weighted by Gasteiger charge is 2.19. The largest absolute Gasteiger partial charge is 0.352 e. The monoisotopic (exact) mass is 328 g/mol. The Morgan fingerprint density at radius 2 is 1.91 bits per heavy atom. The normalized spacial score (nSPS) is 17.7. The second-order valence-electron chi connectivity index (χ2n) is 5.81. The summed E-state index contributed by atoms with van der Waals surface area (Å²) in [6, 6.07) is 0.159. The number of hydrogen-bond acceptors (Lipinski definition) is 4. The predicted octanol–water partition coefficient (Wildman–Crippen LogP) is 0.927. The number of carbonyl (C=O) groups is 1. The van der Waals surface area contributed by atoms with Crippen LogP contribution in [0.2, 0.25) is 0 Å². The average Bonchev–Trinajstić information content (AvgIpc) is 2.87. The summed E-state index contributed by atoms with van der Waals surface area (Å²) in [6.07, 6.45) is 10.7. The number of amides is 1. The van der Waals surface area contributed by atoms with E-state index in [1.807, 2.05) is 0 Å². The fraction of sp³-hybridized carbons (Fsp3) is 0.714. The maximum absolute atomic E-state index is 12.0. The zero-order chi connectivity index (χ0) is 16.0. The molecule has 0 aliphatic heterocycles. The molecule has 22 heavy (non-hydrogen) atoms. The molecule has 0 unspecified atom stereocenters. The molecule has 0 saturated heterocycles. The number of aromatic nitrogens is 2. The van der Waals surface area contributed by atoms with Crippen molar-refractivity contribution in [2.24, 2.45) is 7.05 Å². The Balaban J connectivity index is 1.81. The Labute approximate surface area is 131 Å². The van der Waals surface area contributed by atoms with Crippen LogP contribution in [-0.4, -0.2) is 36.5 Å². The number of hydrogen-bond donors (Lipinski definition) is 2. The van der Waals surface area contributed by atoms with Crippen LogP contribution in [0.1, 0.15) is 44.9 Å². The molecule has 1 amide bonds. The quantitative estimate of drug-likeness (QED) is 0.841. The lowest BCUT2D eigenvalue weighted by Crippen LogP contribution is -2.42. The second-order valence-corrected chi connectivity index (χ2v) is 7.53. The summed E-state index contributed by atoms with van der Waals surface area (Å²) in [5.74, 6) is -0.287. The SMILES string of the molecule is Cn1cnc(S(=O)(=O)NCC(=O)NC2CCCCCCC2)c1. The van der Waals surface area contributed by atoms with Crippen LogP contribution in [0.25, 0.3) is 0 Å². The molecule has 1 saturated carbocycles. The van der Waals surface area contributed by atoms with Crippen molar-refractivity contribution < 1.29 is 13.2 Å². The van der Waals surface area contributed by atoms with Gasteiger partial charge < -0.3 is 9.88 Å². The Kier molecular flexibility index (Phi) is 5.96. The van der Waals surface area contributed by atoms with E-state index in [0.29, 0.717) is 0 Å². The number of aryl methyl sites for hydroxylation is 1. The molecule has 2 N–H and O–H groups in total. The summed E-state index contributed by atoms with van der Waals surface area (Å²) < 4.78 is 27.8. The molecule has 8 heteroatoms. The number of rotatable bonds is 5. The predicted molar refractivity (Wildman–Crippen MR) is 82.6 cm³/mol. The van der Waals surface area contributed by atoms with E-state index in [2.05, 4.69) is 15.0 Å². The van der Waals surface area contributed by atoms with Gasteiger partial charge >= 0.3 is 0 Å². The average molecular weight is 328 g/mol. The van der Waals surface area contributed by atoms with E-state index < -0.39 is 10.0 Å². The van der Waals surface area contributed by atoms with E-state index >= 15 is 0 Å². The summed E-state index contributed by atoms with van der Waals surface area (Å²) in [5.41, 5.74) is 0. The van der Waals surface area contributed by atoms with E-state index in [1.54, 1.807) is 11.6 Å². The molecule has 2 rings (SSSR count). The molecule has 1 aromatic rings. The summed E-state index contributed by atoms with van der Waals surface area (Å²) in [6.45, 7) is -0.255. The molecule has 0 atom stereocenters. The second kappa shape index (κ2) is 7.73. The lowest BCUT2D eigenvalue weighted by Gasteiger charge is -2.21. The van der Waals surface area contributed by atoms with Gasteiger partial charge in [0, 0.05) is 19.3 Å². The third-order valence-electron chi connectivity index (χ3n) is 3.85. The lowest BCUT2D eigenvalue weighted by atomic mass is 9.97. The van der Waals surface area contributed by atoms with Crippen LogP contribution in [0.5, 0.6) is 0 Å². The van der Waals surface area contributed by atoms with Gasteiger partial charge in [0.2, 0.25) is 5.91 Å². The maximum atomic E-state index is 12.0. The van der Waals surface area contributed by atoms with E-state index in [4.69, 9.17) is 0 Å². The van der Waals surface area contributed by atoms with Gasteiger partial charge in [0.05, 0.1) is 12.9 Å². The van der Waals surface area contributed by atoms with Crippen molar-refractivity contribution in [3.8, 4) is 0 Å². The topological polar surface area (TPSA) is 93.1 Å². The molecule has 0 radical (unpaired) electrons. The van der Waals surface area contributed by atoms with Crippen LogP contribution >= 0.6 is 0 Å². The Bertz CT molecular complexity index is 589. The van der Waals surface area contributed by atoms with Crippen LogP contribution in [0.4, 0.5) is 0 Å². The van der Waals surface area contributed by atoms with Crippen LogP contribution in [0.15, 0.2) is 17.6 Å². The maximum Gasteiger partial charge on any atom is 0.260 e. The van der Waals surface area contributed by atoms with Crippen molar-refractivity contribution in [2.75, 3.05) is 6.54 Å². The first-order valence-corrected chi connectivity index (χ1v) is 9.23. The van der Waals surface area contributed by atoms with Gasteiger partial charge in [-0.25, -0.2) is 18.1 Å². The minimum atomic E-state index is -3.73. The molecular weight excluding hydrogens is 304 g/mol. The van der Waals surface area contributed by atoms with Crippen LogP contribution in [0.3, 0.4) is 0 Å². The smallest absolute Gasteiger partial charge is 0.260 e. The molecule has 7 nitrogen and oxygen atoms in total. The number of nitrogens with one attached hydrogen (secondary N) is 2. The summed E-state index contributed by atoms with van der Waals surface area (Å²) in [5, 5.41) is 2.85. The highest BCUT2D eigenvalue weighted by molar-refractivity contribution is 7.89. The summed E-state index contributed by atoms with van der Waals surface area (Å²) in [7, 11) is -2.04. The fourth-order valence-electron chi connectivity index (χ4n) is 2.64. The molecule has 1 aliphatic carbocycles. The van der Waals surface area contributed by atoms with Gasteiger partial charge in [-0.1, -0.05) is 32.1 Å². The molecule has 1 fully saturated rings. The van der Waals surface area contributed by atoms with Gasteiger partial charge in [-0.05, 0) is 12.8 Å². The zero-order valence-electron chi connectivity index (χ0n) is 12.9. The number of carbonyl (C=O) groups excluding carboxylic acids is 1. The van der Waals surface area contributed by atoms with Gasteiger partial charge in [-0.15, -0.1) is 0 Å². The zero-order valence-corrected chi connectivity index (χ0v) is 13.7. The van der Waals surface area contributed by atoms with Crippen molar-refractivity contribution in [2.45, 2.75) is 56.0 Å². The lowest BCUT2D eigenvalue weighted by molar-refractivity contribution is -0.120. The molecule has 1 heterocycles. The van der Waals surface area contributed by atoms with Crippen molar-refractivity contribution in [1.29, 1.82) is 0 Å². The molecule has 0 aromatic carbocycles. The molecule has 1 aromatic heterocycles. The molecule has 0 spiro atoms. The number of nitrogens with zero attached hydrogens (tertiary/aromatic N) is 2. The molecular formula is C14H24N4O3S. The standard InChI is InChI=1S/C14H24N4O3S/c1-18-10-14(15-11-18)22(20,21)16-9-13(19)17-12-7-5-3-2-4-6-8-12/h10-12,16H,2-9H2,1H3,(H,17,19). The Hall–Kier alpha value is -1.41. The minimum Gasteiger partial charge on any atom is -0.352 e. The van der Waals surface area contributed by atoms with Crippen molar-refractivity contribution >= 4 is 15.9 Å². The summed E-state index contributed by atoms with van der Waals surface area (Å²) >= 11 is 0. The van der Waals surface area contributed by atoms with E-state index in [9.17, 15) is 13.2 Å². The third kappa shape index (κ3) is 5.10. The number of sulfonamides is 1. The van der Waals surface area contributed by atoms with Gasteiger partial charge in [0.15, 0.2) is 5.03 Å². The van der Waals surface area contributed by atoms with Crippen molar-refractivity contribution in [3.05, 3.63) is 12.5 Å². The van der Waals surface area contributed by atoms with Gasteiger partial charge in [0.25, 0.3) is 10.0 Å². The van der Waals surface area contributed by atoms with Crippen LogP contribution in [0, 0.1) is 0 Å². The number of imidazole rings is 1. The first-order valence-electron chi connectivity index (χ1n) is 7.74. The van der Waals surface area contributed by atoms with Crippen LogP contribution < -0.4 is 10.0 Å². The minimum absolute atomic E-state index is 0.0752. The van der Waals surface area contributed by atoms with E-state index in [-0.39, 0.29) is 23.5 Å². The molecule has 0 bridgehead atoms. The van der Waals surface area contributed by atoms with Crippen LogP contribution in [-0.2, 0) is 21.9 Å². The Morgan fingerprint density at radius 3 is 2.50 bits per heavy atom.